The van der Waals surface area contributed by atoms with Gasteiger partial charge in [0.25, 0.3) is 10.0 Å². The second-order valence-corrected chi connectivity index (χ2v) is 9.90. The lowest BCUT2D eigenvalue weighted by Gasteiger charge is -2.35. The SMILES string of the molecule is O=C(N[C@@H]1CCCc2ccccc21)[C@@H]1CCCN(C2=NS(=O)(=O)c3ccccc32)C1. The van der Waals surface area contributed by atoms with E-state index in [-0.39, 0.29) is 22.8 Å². The number of amidine groups is 1. The second kappa shape index (κ2) is 7.54. The number of hydrogen-bond donors (Lipinski definition) is 1. The molecule has 1 aliphatic carbocycles. The Balaban J connectivity index is 1.33. The highest BCUT2D eigenvalue weighted by atomic mass is 32.2. The third-order valence-electron chi connectivity index (χ3n) is 6.39. The number of benzene rings is 2. The number of carbonyl (C=O) groups is 1. The summed E-state index contributed by atoms with van der Waals surface area (Å²) in [6.45, 7) is 1.20. The number of fused-ring (bicyclic) bond motifs is 2. The van der Waals surface area contributed by atoms with Crippen LogP contribution in [0.25, 0.3) is 0 Å². The van der Waals surface area contributed by atoms with Gasteiger partial charge in [-0.3, -0.25) is 4.79 Å². The van der Waals surface area contributed by atoms with Gasteiger partial charge in [0.2, 0.25) is 5.91 Å². The molecule has 2 atom stereocenters. The fourth-order valence-electron chi connectivity index (χ4n) is 4.89. The zero-order valence-corrected chi connectivity index (χ0v) is 17.6. The summed E-state index contributed by atoms with van der Waals surface area (Å²) in [4.78, 5) is 15.3. The second-order valence-electron chi connectivity index (χ2n) is 8.32. The lowest BCUT2D eigenvalue weighted by Crippen LogP contribution is -2.46. The van der Waals surface area contributed by atoms with E-state index in [1.807, 2.05) is 17.0 Å². The number of likely N-dealkylation sites (tertiary alicyclic amines) is 1. The van der Waals surface area contributed by atoms with Crippen molar-refractivity contribution in [2.24, 2.45) is 10.3 Å². The van der Waals surface area contributed by atoms with Crippen LogP contribution in [-0.2, 0) is 21.2 Å². The van der Waals surface area contributed by atoms with Gasteiger partial charge in [-0.25, -0.2) is 0 Å². The third kappa shape index (κ3) is 3.41. The van der Waals surface area contributed by atoms with Crippen molar-refractivity contribution >= 4 is 21.8 Å². The number of carbonyl (C=O) groups excluding carboxylic acids is 1. The van der Waals surface area contributed by atoms with Crippen LogP contribution in [0.5, 0.6) is 0 Å². The summed E-state index contributed by atoms with van der Waals surface area (Å²) in [5, 5.41) is 3.27. The molecule has 2 aliphatic heterocycles. The minimum Gasteiger partial charge on any atom is -0.355 e. The summed E-state index contributed by atoms with van der Waals surface area (Å²) < 4.78 is 28.8. The molecule has 2 aromatic rings. The van der Waals surface area contributed by atoms with Gasteiger partial charge in [-0.15, -0.1) is 4.40 Å². The van der Waals surface area contributed by atoms with Gasteiger partial charge >= 0.3 is 0 Å². The van der Waals surface area contributed by atoms with Crippen LogP contribution in [0.1, 0.15) is 48.4 Å². The van der Waals surface area contributed by atoms with Crippen molar-refractivity contribution in [2.75, 3.05) is 13.1 Å². The zero-order chi connectivity index (χ0) is 20.7. The summed E-state index contributed by atoms with van der Waals surface area (Å²) in [5.74, 6) is 0.355. The van der Waals surface area contributed by atoms with Crippen LogP contribution in [0.2, 0.25) is 0 Å². The molecular formula is C23H25N3O3S. The van der Waals surface area contributed by atoms with Gasteiger partial charge in [-0.2, -0.15) is 8.42 Å². The van der Waals surface area contributed by atoms with Crippen LogP contribution in [0, 0.1) is 5.92 Å². The van der Waals surface area contributed by atoms with E-state index in [1.165, 1.54) is 11.1 Å². The number of aryl methyl sites for hydroxylation is 1. The van der Waals surface area contributed by atoms with Crippen LogP contribution in [-0.4, -0.2) is 38.2 Å². The fourth-order valence-corrected chi connectivity index (χ4v) is 6.12. The molecule has 1 N–H and O–H groups in total. The van der Waals surface area contributed by atoms with E-state index in [2.05, 4.69) is 27.9 Å². The lowest BCUT2D eigenvalue weighted by atomic mass is 9.87. The molecule has 1 fully saturated rings. The molecule has 2 heterocycles. The van der Waals surface area contributed by atoms with Crippen LogP contribution >= 0.6 is 0 Å². The first-order valence-electron chi connectivity index (χ1n) is 10.6. The number of rotatable bonds is 2. The van der Waals surface area contributed by atoms with Crippen molar-refractivity contribution in [3.63, 3.8) is 0 Å². The average molecular weight is 424 g/mol. The molecule has 0 spiro atoms. The Labute approximate surface area is 177 Å². The molecule has 0 unspecified atom stereocenters. The van der Waals surface area contributed by atoms with Gasteiger partial charge in [-0.05, 0) is 55.4 Å². The number of hydrogen-bond acceptors (Lipinski definition) is 4. The van der Waals surface area contributed by atoms with Gasteiger partial charge in [0.05, 0.1) is 12.0 Å². The molecule has 7 heteroatoms. The largest absolute Gasteiger partial charge is 0.355 e. The normalized spacial score (nSPS) is 24.5. The van der Waals surface area contributed by atoms with Gasteiger partial charge in [0.15, 0.2) is 5.84 Å². The predicted octanol–water partition coefficient (Wildman–Crippen LogP) is 3.04. The van der Waals surface area contributed by atoms with Crippen molar-refractivity contribution in [3.05, 3.63) is 65.2 Å². The van der Waals surface area contributed by atoms with Crippen LogP contribution < -0.4 is 5.32 Å². The Hall–Kier alpha value is -2.67. The van der Waals surface area contributed by atoms with E-state index in [1.54, 1.807) is 18.2 Å². The van der Waals surface area contributed by atoms with Crippen LogP contribution in [0.15, 0.2) is 57.8 Å². The molecule has 156 valence electrons. The number of nitrogens with zero attached hydrogens (tertiary/aromatic N) is 2. The van der Waals surface area contributed by atoms with Crippen molar-refractivity contribution in [2.45, 2.75) is 43.0 Å². The quantitative estimate of drug-likeness (QED) is 0.805. The van der Waals surface area contributed by atoms with Crippen molar-refractivity contribution in [1.82, 2.24) is 10.2 Å². The van der Waals surface area contributed by atoms with Gasteiger partial charge in [-0.1, -0.05) is 36.4 Å². The van der Waals surface area contributed by atoms with Crippen molar-refractivity contribution in [3.8, 4) is 0 Å². The van der Waals surface area contributed by atoms with Gasteiger partial charge < -0.3 is 10.2 Å². The fraction of sp³-hybridized carbons (Fsp3) is 0.391. The first kappa shape index (κ1) is 19.3. The summed E-state index contributed by atoms with van der Waals surface area (Å²) in [6, 6.07) is 15.3. The molecule has 1 amide bonds. The topological polar surface area (TPSA) is 78.8 Å². The van der Waals surface area contributed by atoms with Gasteiger partial charge in [0, 0.05) is 18.7 Å². The minimum absolute atomic E-state index is 0.0520. The summed E-state index contributed by atoms with van der Waals surface area (Å²) in [7, 11) is -3.65. The number of sulfonamides is 1. The van der Waals surface area contributed by atoms with E-state index < -0.39 is 10.0 Å². The summed E-state index contributed by atoms with van der Waals surface area (Å²) in [6.07, 6.45) is 4.73. The molecule has 0 saturated carbocycles. The predicted molar refractivity (Wildman–Crippen MR) is 115 cm³/mol. The molecular weight excluding hydrogens is 398 g/mol. The van der Waals surface area contributed by atoms with Crippen molar-refractivity contribution < 1.29 is 13.2 Å². The van der Waals surface area contributed by atoms with E-state index in [0.717, 1.165) is 32.1 Å². The first-order chi connectivity index (χ1) is 14.5. The number of piperidine rings is 1. The number of nitrogens with one attached hydrogen (secondary N) is 1. The summed E-state index contributed by atoms with van der Waals surface area (Å²) >= 11 is 0. The maximum atomic E-state index is 13.1. The van der Waals surface area contributed by atoms with Crippen LogP contribution in [0.3, 0.4) is 0 Å². The smallest absolute Gasteiger partial charge is 0.285 e. The maximum absolute atomic E-state index is 13.1. The molecule has 5 rings (SSSR count). The molecule has 0 aromatic heterocycles. The van der Waals surface area contributed by atoms with E-state index in [9.17, 15) is 13.2 Å². The molecule has 2 aromatic carbocycles. The van der Waals surface area contributed by atoms with Crippen molar-refractivity contribution in [1.29, 1.82) is 0 Å². The maximum Gasteiger partial charge on any atom is 0.285 e. The third-order valence-corrected chi connectivity index (χ3v) is 7.72. The van der Waals surface area contributed by atoms with Gasteiger partial charge in [0.1, 0.15) is 4.90 Å². The monoisotopic (exact) mass is 423 g/mol. The van der Waals surface area contributed by atoms with E-state index in [0.29, 0.717) is 24.5 Å². The highest BCUT2D eigenvalue weighted by Gasteiger charge is 2.35. The van der Waals surface area contributed by atoms with E-state index >= 15 is 0 Å². The highest BCUT2D eigenvalue weighted by molar-refractivity contribution is 7.90. The Morgan fingerprint density at radius 3 is 2.73 bits per heavy atom. The Bertz CT molecular complexity index is 1130. The zero-order valence-electron chi connectivity index (χ0n) is 16.8. The van der Waals surface area contributed by atoms with Crippen LogP contribution in [0.4, 0.5) is 0 Å². The highest BCUT2D eigenvalue weighted by Crippen LogP contribution is 2.32. The molecule has 1 saturated heterocycles. The minimum atomic E-state index is -3.65. The Kier molecular flexibility index (Phi) is 4.85. The molecule has 0 bridgehead atoms. The molecule has 6 nitrogen and oxygen atoms in total. The number of amides is 1. The first-order valence-corrected chi connectivity index (χ1v) is 12.0. The Morgan fingerprint density at radius 1 is 1.03 bits per heavy atom. The molecule has 0 radical (unpaired) electrons. The van der Waals surface area contributed by atoms with E-state index in [4.69, 9.17) is 0 Å². The average Bonchev–Trinajstić information content (AvgIpc) is 3.05. The lowest BCUT2D eigenvalue weighted by molar-refractivity contribution is -0.127. The standard InChI is InChI=1S/C23H25N3O3S/c27-23(24-20-12-5-8-16-7-1-2-10-18(16)20)17-9-6-14-26(15-17)22-19-11-3-4-13-21(19)30(28,29)25-22/h1-4,7,10-11,13,17,20H,5-6,8-9,12,14-15H2,(H,24,27)/t17-,20-/m1/s1. The Morgan fingerprint density at radius 2 is 1.83 bits per heavy atom. The summed E-state index contributed by atoms with van der Waals surface area (Å²) in [5.41, 5.74) is 3.19. The molecule has 30 heavy (non-hydrogen) atoms. The molecule has 3 aliphatic rings.